The fraction of sp³-hybridized carbons (Fsp3) is 0.370. The molecule has 0 bridgehead atoms. The Labute approximate surface area is 525 Å². The molecule has 0 N–H and O–H groups in total. The minimum atomic E-state index is -2.41. The molecule has 430 valence electrons. The summed E-state index contributed by atoms with van der Waals surface area (Å²) in [5, 5.41) is 0. The van der Waals surface area contributed by atoms with Gasteiger partial charge in [0.2, 0.25) is 17.1 Å². The predicted molar refractivity (Wildman–Crippen MR) is 354 cm³/mol. The maximum Gasteiger partial charge on any atom is 0.213 e. The van der Waals surface area contributed by atoms with Gasteiger partial charge in [0.15, 0.2) is 18.6 Å². The molecule has 1 fully saturated rings. The van der Waals surface area contributed by atoms with Crippen LogP contribution in [0.3, 0.4) is 0 Å². The van der Waals surface area contributed by atoms with E-state index in [1.165, 1.54) is 94.6 Å². The number of rotatable bonds is 7. The first-order chi connectivity index (χ1) is 45.5. The van der Waals surface area contributed by atoms with Crippen LogP contribution < -0.4 is 13.7 Å². The summed E-state index contributed by atoms with van der Waals surface area (Å²) in [6.07, 6.45) is 8.42. The molecule has 3 aromatic heterocycles. The third-order valence-corrected chi connectivity index (χ3v) is 17.7. The quantitative estimate of drug-likeness (QED) is 0.141. The second kappa shape index (κ2) is 23.3. The zero-order valence-corrected chi connectivity index (χ0v) is 52.2. The molecule has 0 aliphatic heterocycles. The first kappa shape index (κ1) is 43.4. The van der Waals surface area contributed by atoms with Gasteiger partial charge in [-0.2, -0.15) is 0 Å². The van der Waals surface area contributed by atoms with Crippen molar-refractivity contribution in [3.8, 4) is 67.2 Å². The van der Waals surface area contributed by atoms with Crippen molar-refractivity contribution in [1.29, 1.82) is 0 Å². The van der Waals surface area contributed by atoms with Gasteiger partial charge >= 0.3 is 0 Å². The van der Waals surface area contributed by atoms with E-state index in [2.05, 4.69) is 133 Å². The molecular formula is C81H94N3+3. The first-order valence-electron chi connectivity index (χ1n) is 37.4. The molecule has 0 atom stereocenters. The van der Waals surface area contributed by atoms with E-state index in [1.54, 1.807) is 44.6 Å². The third-order valence-electron chi connectivity index (χ3n) is 17.7. The molecule has 1 saturated carbocycles. The summed E-state index contributed by atoms with van der Waals surface area (Å²) in [4.78, 5) is 0. The van der Waals surface area contributed by atoms with Crippen LogP contribution in [0.5, 0.6) is 0 Å². The van der Waals surface area contributed by atoms with Gasteiger partial charge in [-0.15, -0.1) is 0 Å². The van der Waals surface area contributed by atoms with Gasteiger partial charge in [-0.05, 0) is 224 Å². The van der Waals surface area contributed by atoms with Crippen molar-refractivity contribution in [2.75, 3.05) is 0 Å². The topological polar surface area (TPSA) is 11.6 Å². The summed E-state index contributed by atoms with van der Waals surface area (Å²) in [6.45, 7) is 14.6. The van der Waals surface area contributed by atoms with Crippen LogP contribution in [0.4, 0.5) is 0 Å². The lowest BCUT2D eigenvalue weighted by Crippen LogP contribution is -2.32. The number of hydrogen-bond donors (Lipinski definition) is 0. The van der Waals surface area contributed by atoms with Gasteiger partial charge in [0.1, 0.15) is 21.1 Å². The number of hydrogen-bond acceptors (Lipinski definition) is 0. The Morgan fingerprint density at radius 1 is 0.464 bits per heavy atom. The van der Waals surface area contributed by atoms with Crippen molar-refractivity contribution in [3.05, 3.63) is 228 Å². The van der Waals surface area contributed by atoms with Gasteiger partial charge in [-0.1, -0.05) is 162 Å². The summed E-state index contributed by atoms with van der Waals surface area (Å²) in [5.41, 5.74) is 29.1. The molecule has 84 heavy (non-hydrogen) atoms. The number of fused-ring (bicyclic) bond motifs is 9. The van der Waals surface area contributed by atoms with Crippen LogP contribution in [0, 0.1) is 73.4 Å². The average molecular weight is 1120 g/mol. The molecule has 0 unspecified atom stereocenters. The van der Waals surface area contributed by atoms with Gasteiger partial charge in [-0.3, -0.25) is 0 Å². The predicted octanol–water partition coefficient (Wildman–Crippen LogP) is 18.9. The smallest absolute Gasteiger partial charge is 0.201 e. The van der Waals surface area contributed by atoms with E-state index in [0.29, 0.717) is 11.1 Å². The fourth-order valence-electron chi connectivity index (χ4n) is 13.8. The second-order valence-electron chi connectivity index (χ2n) is 26.0. The zero-order valence-electron chi connectivity index (χ0n) is 66.2. The van der Waals surface area contributed by atoms with Gasteiger partial charge in [-0.25, -0.2) is 13.7 Å². The van der Waals surface area contributed by atoms with E-state index >= 15 is 0 Å². The van der Waals surface area contributed by atoms with Crippen molar-refractivity contribution >= 4 is 0 Å². The van der Waals surface area contributed by atoms with E-state index in [0.717, 1.165) is 90.7 Å². The molecule has 13 rings (SSSR count). The molecule has 0 radical (unpaired) electrons. The lowest BCUT2D eigenvalue weighted by Gasteiger charge is -2.23. The molecule has 0 saturated heterocycles. The Morgan fingerprint density at radius 3 is 1.23 bits per heavy atom. The highest BCUT2D eigenvalue weighted by Gasteiger charge is 2.32. The lowest BCUT2D eigenvalue weighted by atomic mass is 9.82. The molecule has 9 aromatic rings. The van der Waals surface area contributed by atoms with E-state index in [9.17, 15) is 1.37 Å². The molecule has 0 amide bonds. The number of aromatic nitrogens is 3. The average Bonchev–Trinajstić information content (AvgIpc) is 1.29. The van der Waals surface area contributed by atoms with Crippen molar-refractivity contribution < 1.29 is 32.9 Å². The Morgan fingerprint density at radius 2 is 0.833 bits per heavy atom. The summed E-state index contributed by atoms with van der Waals surface area (Å²) in [6, 6.07) is 38.3. The Bertz CT molecular complexity index is 4670. The van der Waals surface area contributed by atoms with E-state index in [1.807, 2.05) is 61.7 Å². The highest BCUT2D eigenvalue weighted by atomic mass is 14.9. The summed E-state index contributed by atoms with van der Waals surface area (Å²) < 4.78 is 123. The molecule has 3 nitrogen and oxygen atoms in total. The minimum Gasteiger partial charge on any atom is -0.201 e. The second-order valence-corrected chi connectivity index (χ2v) is 26.0. The Balaban J connectivity index is 0.000000149. The highest BCUT2D eigenvalue weighted by Crippen LogP contribution is 2.47. The highest BCUT2D eigenvalue weighted by molar-refractivity contribution is 5.88. The van der Waals surface area contributed by atoms with Gasteiger partial charge in [0.25, 0.3) is 0 Å². The molecule has 4 aliphatic carbocycles. The number of pyridine rings is 3. The van der Waals surface area contributed by atoms with Crippen molar-refractivity contribution in [1.82, 2.24) is 0 Å². The maximum atomic E-state index is 9.29. The van der Waals surface area contributed by atoms with Crippen LogP contribution in [0.1, 0.15) is 192 Å². The van der Waals surface area contributed by atoms with Crippen LogP contribution in [0.25, 0.3) is 67.2 Å². The zero-order chi connectivity index (χ0) is 71.6. The van der Waals surface area contributed by atoms with Crippen LogP contribution >= 0.6 is 0 Å². The molecule has 3 heterocycles. The van der Waals surface area contributed by atoms with Crippen LogP contribution in [0.15, 0.2) is 128 Å². The Hall–Kier alpha value is -7.23. The maximum absolute atomic E-state index is 9.29. The normalized spacial score (nSPS) is 17.4. The van der Waals surface area contributed by atoms with Crippen LogP contribution in [0.2, 0.25) is 0 Å². The third kappa shape index (κ3) is 11.5. The van der Waals surface area contributed by atoms with Crippen LogP contribution in [-0.4, -0.2) is 0 Å². The molecule has 0 spiro atoms. The minimum absolute atomic E-state index is 0.0674. The fourth-order valence-corrected chi connectivity index (χ4v) is 13.8. The van der Waals surface area contributed by atoms with E-state index in [4.69, 9.17) is 17.8 Å². The Kier molecular flexibility index (Phi) is 12.1. The van der Waals surface area contributed by atoms with Crippen molar-refractivity contribution in [2.45, 2.75) is 167 Å². The SMILES string of the molecule is [2H]C([2H])([2H])c1c[n+](C)c(-c2c(C)ccc3c2Cc2cc(C)ccc2-3)cc1C([2H])([2H])C(C)(C)C.[2H]C([2H])([2H])c1c[n+](C)c(-c2c(C)ccc3c2Cc2cc(C)ccc2-3)cc1C([2H])([2H])C(C)C.[2H]C([2H])([2H])c1c[n+](C)c(-c2c(C)ccc3c2Cc2cc(C)ccc2-3)cc1C1([2H])CCCCC1. The standard InChI is InChI=1S/C28H32N.C27H32N.C26H30N/c1-18-10-12-23-22(14-18)15-26-24(23)13-11-19(2)28(26)27-16-25(20(3)17-29(27)4)21-8-6-5-7-9-21;1-17-8-10-22-20(12-17)13-24-23(22)11-9-18(2)26(24)25-14-21(15-27(4,5)6)19(3)16-28(25)7;1-16(2)11-20-14-25(27(6)15-19(20)5)26-18(4)8-10-23-22-9-7-17(3)12-21(22)13-24(23)26/h10-14,16-17,21H,5-9,15H2,1-4H3;8-12,14,16H,13,15H2,1-7H3;7-10,12,14-16H,11,13H2,1-6H3/q3*+1/i3D3,21D;3D3,15D2;5D3,11D2. The first-order valence-corrected chi connectivity index (χ1v) is 30.4. The number of aryl methyl sites for hydroxylation is 12. The van der Waals surface area contributed by atoms with Gasteiger partial charge in [0.05, 0.1) is 16.7 Å². The summed E-state index contributed by atoms with van der Waals surface area (Å²) in [7, 11) is 5.65. The van der Waals surface area contributed by atoms with Crippen molar-refractivity contribution in [2.24, 2.45) is 32.5 Å². The van der Waals surface area contributed by atoms with Crippen molar-refractivity contribution in [3.63, 3.8) is 0 Å². The number of benzene rings is 6. The molecule has 6 aromatic carbocycles. The van der Waals surface area contributed by atoms with Gasteiger partial charge < -0.3 is 0 Å². The summed E-state index contributed by atoms with van der Waals surface area (Å²) >= 11 is 0. The van der Waals surface area contributed by atoms with Crippen LogP contribution in [-0.2, 0) is 53.2 Å². The van der Waals surface area contributed by atoms with Gasteiger partial charge in [0, 0.05) is 54.1 Å². The molecule has 4 aliphatic rings. The van der Waals surface area contributed by atoms with E-state index < -0.39 is 44.6 Å². The molecule has 3 heteroatoms. The number of nitrogens with zero attached hydrogens (tertiary/aromatic N) is 3. The summed E-state index contributed by atoms with van der Waals surface area (Å²) in [5.74, 6) is -1.20. The largest absolute Gasteiger partial charge is 0.213 e. The molecular weight excluding hydrogens is 1010 g/mol. The lowest BCUT2D eigenvalue weighted by molar-refractivity contribution is -0.661. The van der Waals surface area contributed by atoms with E-state index in [-0.39, 0.29) is 28.2 Å². The monoisotopic (exact) mass is 1120 g/mol.